The van der Waals surface area contributed by atoms with Gasteiger partial charge in [0.15, 0.2) is 5.82 Å². The monoisotopic (exact) mass is 272 g/mol. The molecule has 3 N–H and O–H groups in total. The molecule has 0 aliphatic carbocycles. The van der Waals surface area contributed by atoms with Crippen molar-refractivity contribution >= 4 is 11.7 Å². The first-order valence-corrected chi connectivity index (χ1v) is 4.58. The van der Waals surface area contributed by atoms with Crippen LogP contribution in [-0.4, -0.2) is 27.8 Å². The van der Waals surface area contributed by atoms with E-state index in [2.05, 4.69) is 5.10 Å². The van der Waals surface area contributed by atoms with Crippen molar-refractivity contribution in [2.24, 2.45) is 12.8 Å². The summed E-state index contributed by atoms with van der Waals surface area (Å²) in [6, 6.07) is 0. The summed E-state index contributed by atoms with van der Waals surface area (Å²) in [7, 11) is 1.40. The highest BCUT2D eigenvalue weighted by atomic mass is 19.4. The summed E-state index contributed by atoms with van der Waals surface area (Å²) in [5, 5.41) is 4.93. The first-order valence-electron chi connectivity index (χ1n) is 4.58. The van der Waals surface area contributed by atoms with Crippen LogP contribution in [0.2, 0.25) is 0 Å². The second-order valence-corrected chi connectivity index (χ2v) is 3.41. The Morgan fingerprint density at radius 3 is 2.44 bits per heavy atom. The van der Waals surface area contributed by atoms with Gasteiger partial charge in [-0.25, -0.2) is 0 Å². The molecule has 0 atom stereocenters. The minimum atomic E-state index is -5.96. The molecule has 5 nitrogen and oxygen atoms in total. The van der Waals surface area contributed by atoms with Crippen LogP contribution in [0.4, 0.5) is 27.8 Å². The molecule has 0 radical (unpaired) electrons. The van der Waals surface area contributed by atoms with Crippen LogP contribution < -0.4 is 11.1 Å². The van der Waals surface area contributed by atoms with Gasteiger partial charge in [0, 0.05) is 25.4 Å². The molecule has 1 aromatic rings. The fraction of sp³-hybridized carbons (Fsp3) is 0.500. The Hall–Kier alpha value is -1.71. The molecule has 0 aromatic carbocycles. The third kappa shape index (κ3) is 2.58. The van der Waals surface area contributed by atoms with E-state index >= 15 is 0 Å². The number of hydrogen-bond acceptors (Lipinski definition) is 3. The Kier molecular flexibility index (Phi) is 3.60. The molecule has 0 aliphatic rings. The highest BCUT2D eigenvalue weighted by Gasteiger charge is 2.63. The van der Waals surface area contributed by atoms with E-state index in [1.807, 2.05) is 0 Å². The molecule has 0 unspecified atom stereocenters. The van der Waals surface area contributed by atoms with Crippen molar-refractivity contribution in [3.8, 4) is 0 Å². The van der Waals surface area contributed by atoms with Gasteiger partial charge < -0.3 is 11.1 Å². The number of amides is 1. The van der Waals surface area contributed by atoms with Crippen LogP contribution in [0.15, 0.2) is 6.20 Å². The zero-order valence-corrected chi connectivity index (χ0v) is 9.05. The fourth-order valence-electron chi connectivity index (χ4n) is 1.11. The number of nitrogens with zero attached hydrogens (tertiary/aromatic N) is 2. The highest BCUT2D eigenvalue weighted by molar-refractivity contribution is 5.96. The van der Waals surface area contributed by atoms with Crippen LogP contribution in [-0.2, 0) is 18.4 Å². The van der Waals surface area contributed by atoms with Gasteiger partial charge in [0.25, 0.3) is 0 Å². The van der Waals surface area contributed by atoms with E-state index in [-0.39, 0.29) is 12.1 Å². The molecular formula is C8H9F5N4O. The maximum atomic E-state index is 12.6. The van der Waals surface area contributed by atoms with E-state index in [0.717, 1.165) is 4.68 Å². The van der Waals surface area contributed by atoms with Crippen LogP contribution in [0, 0.1) is 0 Å². The van der Waals surface area contributed by atoms with E-state index in [1.165, 1.54) is 18.6 Å². The average Bonchev–Trinajstić information content (AvgIpc) is 2.56. The smallest absolute Gasteiger partial charge is 0.326 e. The van der Waals surface area contributed by atoms with Crippen LogP contribution in [0.25, 0.3) is 0 Å². The van der Waals surface area contributed by atoms with Crippen LogP contribution in [0.1, 0.15) is 5.56 Å². The lowest BCUT2D eigenvalue weighted by Gasteiger charge is -2.18. The molecule has 0 bridgehead atoms. The predicted molar refractivity (Wildman–Crippen MR) is 50.7 cm³/mol. The van der Waals surface area contributed by atoms with E-state index in [9.17, 15) is 26.7 Å². The second-order valence-electron chi connectivity index (χ2n) is 3.41. The standard InChI is InChI=1S/C8H9F5N4O/c1-17-3-4(2-14)5(16-17)15-6(18)7(9,10)8(11,12)13/h3H,2,14H2,1H3,(H,15,16,18). The van der Waals surface area contributed by atoms with Gasteiger partial charge in [-0.2, -0.15) is 27.1 Å². The number of hydrogen-bond donors (Lipinski definition) is 2. The third-order valence-electron chi connectivity index (χ3n) is 2.00. The summed E-state index contributed by atoms with van der Waals surface area (Å²) < 4.78 is 62.2. The zero-order chi connectivity index (χ0) is 14.1. The molecule has 1 heterocycles. The molecule has 0 fully saturated rings. The van der Waals surface area contributed by atoms with Gasteiger partial charge in [0.05, 0.1) is 0 Å². The van der Waals surface area contributed by atoms with Crippen molar-refractivity contribution in [3.63, 3.8) is 0 Å². The lowest BCUT2D eigenvalue weighted by molar-refractivity contribution is -0.267. The largest absolute Gasteiger partial charge is 0.463 e. The Morgan fingerprint density at radius 2 is 2.00 bits per heavy atom. The van der Waals surface area contributed by atoms with Crippen molar-refractivity contribution in [1.29, 1.82) is 0 Å². The average molecular weight is 272 g/mol. The molecule has 1 aromatic heterocycles. The van der Waals surface area contributed by atoms with Gasteiger partial charge >= 0.3 is 18.0 Å². The van der Waals surface area contributed by atoms with Gasteiger partial charge in [-0.15, -0.1) is 0 Å². The normalized spacial score (nSPS) is 12.6. The number of carbonyl (C=O) groups is 1. The Balaban J connectivity index is 2.94. The number of alkyl halides is 5. The van der Waals surface area contributed by atoms with Crippen molar-refractivity contribution in [3.05, 3.63) is 11.8 Å². The summed E-state index contributed by atoms with van der Waals surface area (Å²) in [6.07, 6.45) is -4.67. The number of aromatic nitrogens is 2. The minimum absolute atomic E-state index is 0.142. The van der Waals surface area contributed by atoms with Gasteiger partial charge in [-0.1, -0.05) is 0 Å². The molecule has 10 heteroatoms. The minimum Gasteiger partial charge on any atom is -0.326 e. The number of halogens is 5. The van der Waals surface area contributed by atoms with Crippen molar-refractivity contribution in [1.82, 2.24) is 9.78 Å². The van der Waals surface area contributed by atoms with Crippen LogP contribution in [0.3, 0.4) is 0 Å². The molecule has 0 saturated carbocycles. The number of aryl methyl sites for hydroxylation is 1. The van der Waals surface area contributed by atoms with E-state index in [4.69, 9.17) is 5.73 Å². The number of nitrogens with one attached hydrogen (secondary N) is 1. The quantitative estimate of drug-likeness (QED) is 0.807. The molecule has 1 amide bonds. The number of anilines is 1. The first-order chi connectivity index (χ1) is 8.09. The first kappa shape index (κ1) is 14.4. The summed E-state index contributed by atoms with van der Waals surface area (Å²) in [5.41, 5.74) is 5.36. The van der Waals surface area contributed by atoms with E-state index < -0.39 is 23.8 Å². The summed E-state index contributed by atoms with van der Waals surface area (Å²) in [5.74, 6) is -8.41. The summed E-state index contributed by atoms with van der Waals surface area (Å²) in [6.45, 7) is -0.166. The topological polar surface area (TPSA) is 72.9 Å². The molecule has 0 aliphatic heterocycles. The molecule has 18 heavy (non-hydrogen) atoms. The van der Waals surface area contributed by atoms with E-state index in [0.29, 0.717) is 0 Å². The fourth-order valence-corrected chi connectivity index (χ4v) is 1.11. The number of carbonyl (C=O) groups excluding carboxylic acids is 1. The molecule has 0 spiro atoms. The molecular weight excluding hydrogens is 263 g/mol. The lowest BCUT2D eigenvalue weighted by atomic mass is 10.3. The zero-order valence-electron chi connectivity index (χ0n) is 9.05. The third-order valence-corrected chi connectivity index (χ3v) is 2.00. The van der Waals surface area contributed by atoms with Crippen molar-refractivity contribution in [2.75, 3.05) is 5.32 Å². The SMILES string of the molecule is Cn1cc(CN)c(NC(=O)C(F)(F)C(F)(F)F)n1. The van der Waals surface area contributed by atoms with Gasteiger partial charge in [0.1, 0.15) is 0 Å². The van der Waals surface area contributed by atoms with Gasteiger partial charge in [-0.3, -0.25) is 9.48 Å². The Labute approximate surface area is 97.7 Å². The second kappa shape index (κ2) is 4.52. The van der Waals surface area contributed by atoms with Crippen molar-refractivity contribution < 1.29 is 26.7 Å². The Morgan fingerprint density at radius 1 is 1.44 bits per heavy atom. The predicted octanol–water partition coefficient (Wildman–Crippen LogP) is 1.01. The Bertz CT molecular complexity index is 453. The summed E-state index contributed by atoms with van der Waals surface area (Å²) in [4.78, 5) is 10.9. The van der Waals surface area contributed by atoms with E-state index in [1.54, 1.807) is 0 Å². The highest BCUT2D eigenvalue weighted by Crippen LogP contribution is 2.36. The summed E-state index contributed by atoms with van der Waals surface area (Å²) >= 11 is 0. The molecule has 102 valence electrons. The molecule has 1 rings (SSSR count). The maximum absolute atomic E-state index is 12.6. The number of rotatable bonds is 3. The molecule has 0 saturated heterocycles. The maximum Gasteiger partial charge on any atom is 0.463 e. The van der Waals surface area contributed by atoms with Crippen LogP contribution >= 0.6 is 0 Å². The van der Waals surface area contributed by atoms with Crippen molar-refractivity contribution in [2.45, 2.75) is 18.6 Å². The van der Waals surface area contributed by atoms with Crippen LogP contribution in [0.5, 0.6) is 0 Å². The van der Waals surface area contributed by atoms with Gasteiger partial charge in [-0.05, 0) is 0 Å². The lowest BCUT2D eigenvalue weighted by Crippen LogP contribution is -2.47. The van der Waals surface area contributed by atoms with Gasteiger partial charge in [0.2, 0.25) is 0 Å². The number of nitrogens with two attached hydrogens (primary N) is 1.